The van der Waals surface area contributed by atoms with Crippen LogP contribution in [0.5, 0.6) is 5.75 Å². The van der Waals surface area contributed by atoms with Gasteiger partial charge in [0.15, 0.2) is 12.4 Å². The van der Waals surface area contributed by atoms with Crippen LogP contribution in [0.2, 0.25) is 0 Å². The summed E-state index contributed by atoms with van der Waals surface area (Å²) < 4.78 is 30.8. The molecule has 0 saturated heterocycles. The van der Waals surface area contributed by atoms with Crippen LogP contribution in [-0.2, 0) is 0 Å². The minimum Gasteiger partial charge on any atom is -0.485 e. The van der Waals surface area contributed by atoms with Crippen molar-refractivity contribution in [2.75, 3.05) is 6.61 Å². The van der Waals surface area contributed by atoms with E-state index in [4.69, 9.17) is 4.74 Å². The topological polar surface area (TPSA) is 26.3 Å². The lowest BCUT2D eigenvalue weighted by Crippen LogP contribution is -2.11. The summed E-state index contributed by atoms with van der Waals surface area (Å²) in [5.41, 5.74) is 0.495. The first kappa shape index (κ1) is 12.2. The summed E-state index contributed by atoms with van der Waals surface area (Å²) in [5, 5.41) is 0. The van der Waals surface area contributed by atoms with Gasteiger partial charge in [-0.3, -0.25) is 4.79 Å². The normalized spacial score (nSPS) is 10.1. The molecule has 92 valence electrons. The third-order valence-electron chi connectivity index (χ3n) is 2.30. The Morgan fingerprint density at radius 2 is 1.61 bits per heavy atom. The molecular weight excluding hydrogens is 238 g/mol. The number of carbonyl (C=O) groups is 1. The van der Waals surface area contributed by atoms with E-state index in [2.05, 4.69) is 0 Å². The SMILES string of the molecule is O=C(COc1cc(F)cc(F)c1)c1ccccc1. The van der Waals surface area contributed by atoms with Crippen LogP contribution in [0.3, 0.4) is 0 Å². The first-order valence-corrected chi connectivity index (χ1v) is 5.32. The predicted octanol–water partition coefficient (Wildman–Crippen LogP) is 3.23. The van der Waals surface area contributed by atoms with Crippen LogP contribution in [0.25, 0.3) is 0 Å². The average Bonchev–Trinajstić information content (AvgIpc) is 2.36. The van der Waals surface area contributed by atoms with Crippen LogP contribution in [0.4, 0.5) is 8.78 Å². The van der Waals surface area contributed by atoms with Gasteiger partial charge in [-0.1, -0.05) is 30.3 Å². The molecule has 0 saturated carbocycles. The van der Waals surface area contributed by atoms with Crippen LogP contribution >= 0.6 is 0 Å². The van der Waals surface area contributed by atoms with E-state index in [1.807, 2.05) is 0 Å². The summed E-state index contributed by atoms with van der Waals surface area (Å²) in [4.78, 5) is 11.7. The summed E-state index contributed by atoms with van der Waals surface area (Å²) in [6, 6.07) is 11.4. The second-order valence-electron chi connectivity index (χ2n) is 3.68. The molecule has 0 fully saturated rings. The first-order valence-electron chi connectivity index (χ1n) is 5.32. The minimum atomic E-state index is -0.739. The molecule has 0 aliphatic heterocycles. The Morgan fingerprint density at radius 3 is 2.22 bits per heavy atom. The Morgan fingerprint density at radius 1 is 1.00 bits per heavy atom. The van der Waals surface area contributed by atoms with Crippen LogP contribution in [0, 0.1) is 11.6 Å². The largest absolute Gasteiger partial charge is 0.485 e. The van der Waals surface area contributed by atoms with Crippen LogP contribution < -0.4 is 4.74 Å². The molecule has 0 unspecified atom stereocenters. The number of ketones is 1. The number of rotatable bonds is 4. The van der Waals surface area contributed by atoms with Gasteiger partial charge < -0.3 is 4.74 Å². The number of benzene rings is 2. The molecule has 0 amide bonds. The molecule has 0 bridgehead atoms. The molecule has 0 radical (unpaired) electrons. The van der Waals surface area contributed by atoms with Gasteiger partial charge in [-0.05, 0) is 0 Å². The molecule has 0 N–H and O–H groups in total. The molecule has 0 aromatic heterocycles. The van der Waals surface area contributed by atoms with Gasteiger partial charge in [0.1, 0.15) is 17.4 Å². The third kappa shape index (κ3) is 3.13. The molecule has 0 spiro atoms. The fourth-order valence-electron chi connectivity index (χ4n) is 1.47. The Bertz CT molecular complexity index is 533. The van der Waals surface area contributed by atoms with Crippen molar-refractivity contribution in [2.24, 2.45) is 0 Å². The first-order chi connectivity index (χ1) is 8.65. The number of hydrogen-bond acceptors (Lipinski definition) is 2. The van der Waals surface area contributed by atoms with Gasteiger partial charge in [0, 0.05) is 23.8 Å². The molecule has 2 rings (SSSR count). The van der Waals surface area contributed by atoms with E-state index in [9.17, 15) is 13.6 Å². The molecule has 2 nitrogen and oxygen atoms in total. The molecule has 0 heterocycles. The van der Waals surface area contributed by atoms with Crippen molar-refractivity contribution in [3.63, 3.8) is 0 Å². The Hall–Kier alpha value is -2.23. The molecular formula is C14H10F2O2. The Kier molecular flexibility index (Phi) is 3.67. The molecule has 0 aliphatic rings. The fourth-order valence-corrected chi connectivity index (χ4v) is 1.47. The molecule has 18 heavy (non-hydrogen) atoms. The van der Waals surface area contributed by atoms with Gasteiger partial charge in [0.05, 0.1) is 0 Å². The van der Waals surface area contributed by atoms with Crippen molar-refractivity contribution < 1.29 is 18.3 Å². The van der Waals surface area contributed by atoms with Crippen molar-refractivity contribution >= 4 is 5.78 Å². The minimum absolute atomic E-state index is 0.00298. The lowest BCUT2D eigenvalue weighted by Gasteiger charge is -2.05. The van der Waals surface area contributed by atoms with Gasteiger partial charge in [-0.25, -0.2) is 8.78 Å². The summed E-state index contributed by atoms with van der Waals surface area (Å²) >= 11 is 0. The molecule has 0 aliphatic carbocycles. The summed E-state index contributed by atoms with van der Waals surface area (Å²) in [6.45, 7) is -0.257. The monoisotopic (exact) mass is 248 g/mol. The van der Waals surface area contributed by atoms with E-state index in [0.717, 1.165) is 18.2 Å². The zero-order chi connectivity index (χ0) is 13.0. The zero-order valence-electron chi connectivity index (χ0n) is 9.40. The number of ether oxygens (including phenoxy) is 1. The predicted molar refractivity (Wildman–Crippen MR) is 62.6 cm³/mol. The maximum atomic E-state index is 12.9. The van der Waals surface area contributed by atoms with Gasteiger partial charge in [0.2, 0.25) is 0 Å². The highest BCUT2D eigenvalue weighted by Gasteiger charge is 2.07. The summed E-state index contributed by atoms with van der Waals surface area (Å²) in [6.07, 6.45) is 0. The van der Waals surface area contributed by atoms with E-state index in [1.165, 1.54) is 0 Å². The van der Waals surface area contributed by atoms with Gasteiger partial charge in [-0.15, -0.1) is 0 Å². The zero-order valence-corrected chi connectivity index (χ0v) is 9.40. The highest BCUT2D eigenvalue weighted by molar-refractivity contribution is 5.97. The van der Waals surface area contributed by atoms with Crippen molar-refractivity contribution in [3.05, 3.63) is 65.7 Å². The van der Waals surface area contributed by atoms with Gasteiger partial charge in [-0.2, -0.15) is 0 Å². The molecule has 4 heteroatoms. The van der Waals surface area contributed by atoms with E-state index >= 15 is 0 Å². The number of halogens is 2. The van der Waals surface area contributed by atoms with Crippen molar-refractivity contribution in [2.45, 2.75) is 0 Å². The number of carbonyl (C=O) groups excluding carboxylic acids is 1. The van der Waals surface area contributed by atoms with Crippen molar-refractivity contribution in [1.29, 1.82) is 0 Å². The lowest BCUT2D eigenvalue weighted by molar-refractivity contribution is 0.0921. The van der Waals surface area contributed by atoms with Crippen LogP contribution in [0.1, 0.15) is 10.4 Å². The Labute approximate surface area is 103 Å². The van der Waals surface area contributed by atoms with Gasteiger partial charge >= 0.3 is 0 Å². The molecule has 2 aromatic carbocycles. The maximum absolute atomic E-state index is 12.9. The summed E-state index contributed by atoms with van der Waals surface area (Å²) in [7, 11) is 0. The van der Waals surface area contributed by atoms with E-state index in [1.54, 1.807) is 30.3 Å². The standard InChI is InChI=1S/C14H10F2O2/c15-11-6-12(16)8-13(7-11)18-9-14(17)10-4-2-1-3-5-10/h1-8H,9H2. The average molecular weight is 248 g/mol. The summed E-state index contributed by atoms with van der Waals surface area (Å²) in [5.74, 6) is -1.73. The maximum Gasteiger partial charge on any atom is 0.200 e. The molecule has 0 atom stereocenters. The quantitative estimate of drug-likeness (QED) is 0.776. The third-order valence-corrected chi connectivity index (χ3v) is 2.30. The number of Topliss-reactive ketones (excluding diaryl/α,β-unsaturated/α-hetero) is 1. The highest BCUT2D eigenvalue weighted by atomic mass is 19.1. The second kappa shape index (κ2) is 5.40. The van der Waals surface area contributed by atoms with Gasteiger partial charge in [0.25, 0.3) is 0 Å². The van der Waals surface area contributed by atoms with E-state index in [0.29, 0.717) is 5.56 Å². The van der Waals surface area contributed by atoms with Crippen molar-refractivity contribution in [3.8, 4) is 5.75 Å². The Balaban J connectivity index is 2.02. The smallest absolute Gasteiger partial charge is 0.200 e. The highest BCUT2D eigenvalue weighted by Crippen LogP contribution is 2.15. The molecule has 2 aromatic rings. The van der Waals surface area contributed by atoms with Crippen molar-refractivity contribution in [1.82, 2.24) is 0 Å². The lowest BCUT2D eigenvalue weighted by atomic mass is 10.1. The van der Waals surface area contributed by atoms with E-state index < -0.39 is 11.6 Å². The second-order valence-corrected chi connectivity index (χ2v) is 3.68. The van der Waals surface area contributed by atoms with Crippen LogP contribution in [-0.4, -0.2) is 12.4 Å². The number of hydrogen-bond donors (Lipinski definition) is 0. The van der Waals surface area contributed by atoms with E-state index in [-0.39, 0.29) is 18.1 Å². The van der Waals surface area contributed by atoms with Crippen LogP contribution in [0.15, 0.2) is 48.5 Å². The fraction of sp³-hybridized carbons (Fsp3) is 0.0714.